The van der Waals surface area contributed by atoms with Crippen LogP contribution in [-0.2, 0) is 0 Å². The smallest absolute Gasteiger partial charge is 0.223 e. The molecule has 6 heteroatoms. The Labute approximate surface area is 224 Å². The van der Waals surface area contributed by atoms with Gasteiger partial charge in [-0.25, -0.2) is 14.4 Å². The minimum absolute atomic E-state index is 0.858. The van der Waals surface area contributed by atoms with Gasteiger partial charge in [-0.2, -0.15) is 0 Å². The van der Waals surface area contributed by atoms with Crippen LogP contribution in [0.3, 0.4) is 0 Å². The quantitative estimate of drug-likeness (QED) is 0.206. The molecule has 0 aliphatic rings. The zero-order chi connectivity index (χ0) is 25.7. The second-order valence-electron chi connectivity index (χ2n) is 10.8. The predicted molar refractivity (Wildman–Crippen MR) is 161 cm³/mol. The van der Waals surface area contributed by atoms with Gasteiger partial charge < -0.3 is 4.42 Å². The van der Waals surface area contributed by atoms with E-state index in [2.05, 4.69) is 104 Å². The van der Waals surface area contributed by atoms with Crippen molar-refractivity contribution in [3.05, 3.63) is 103 Å². The molecular formula is C34H17N5O. The molecule has 6 aromatic carbocycles. The van der Waals surface area contributed by atoms with Gasteiger partial charge in [-0.15, -0.1) is 0 Å². The topological polar surface area (TPSA) is 52.2 Å². The number of nitrogens with zero attached hydrogens (tertiary/aromatic N) is 5. The van der Waals surface area contributed by atoms with Crippen LogP contribution in [0.5, 0.6) is 0 Å². The molecule has 5 aromatic heterocycles. The Morgan fingerprint density at radius 3 is 1.75 bits per heavy atom. The van der Waals surface area contributed by atoms with E-state index in [4.69, 9.17) is 14.4 Å². The van der Waals surface area contributed by atoms with Crippen molar-refractivity contribution in [2.75, 3.05) is 0 Å². The molecule has 0 N–H and O–H groups in total. The van der Waals surface area contributed by atoms with Crippen LogP contribution in [0.1, 0.15) is 0 Å². The molecule has 0 unspecified atom stereocenters. The lowest BCUT2D eigenvalue weighted by Gasteiger charge is -2.02. The number of furan rings is 1. The van der Waals surface area contributed by atoms with Crippen molar-refractivity contribution in [2.45, 2.75) is 0 Å². The molecular weight excluding hydrogens is 494 g/mol. The number of hydrogen-bond acceptors (Lipinski definition) is 3. The Morgan fingerprint density at radius 1 is 0.475 bits per heavy atom. The zero-order valence-corrected chi connectivity index (χ0v) is 21.0. The Hall–Kier alpha value is -5.62. The first kappa shape index (κ1) is 19.4. The maximum atomic E-state index is 6.50. The van der Waals surface area contributed by atoms with Crippen LogP contribution in [0.15, 0.2) is 108 Å². The molecule has 5 heterocycles. The Kier molecular flexibility index (Phi) is 3.08. The van der Waals surface area contributed by atoms with Gasteiger partial charge in [-0.05, 0) is 51.9 Å². The fraction of sp³-hybridized carbons (Fsp3) is 0. The standard InChI is InChI=1S/C34H17N5O/c1-3-9-20-15-25-23(13-18(20)7-1)35-33-37(25)27-17-29-30(22-11-5-6-12-28(22)40-29)32-31(27)39(33)34-36-24-14-19-8-2-4-10-21(19)16-26(24)38(32)34/h1-17H. The zero-order valence-electron chi connectivity index (χ0n) is 21.0. The molecule has 40 heavy (non-hydrogen) atoms. The molecule has 0 amide bonds. The van der Waals surface area contributed by atoms with Gasteiger partial charge in [0.2, 0.25) is 11.6 Å². The van der Waals surface area contributed by atoms with Crippen LogP contribution in [0.4, 0.5) is 0 Å². The second kappa shape index (κ2) is 6.33. The molecule has 0 fully saturated rings. The van der Waals surface area contributed by atoms with E-state index >= 15 is 0 Å². The normalized spacial score (nSPS) is 13.0. The summed E-state index contributed by atoms with van der Waals surface area (Å²) < 4.78 is 13.3. The Morgan fingerprint density at radius 2 is 1.05 bits per heavy atom. The predicted octanol–water partition coefficient (Wildman–Crippen LogP) is 8.34. The largest absolute Gasteiger partial charge is 0.456 e. The van der Waals surface area contributed by atoms with Gasteiger partial charge in [0.05, 0.1) is 38.5 Å². The summed E-state index contributed by atoms with van der Waals surface area (Å²) in [6.45, 7) is 0. The van der Waals surface area contributed by atoms with E-state index < -0.39 is 0 Å². The molecule has 0 radical (unpaired) electrons. The fourth-order valence-electron chi connectivity index (χ4n) is 7.00. The van der Waals surface area contributed by atoms with Gasteiger partial charge in [0.1, 0.15) is 16.7 Å². The van der Waals surface area contributed by atoms with E-state index in [0.717, 1.165) is 72.1 Å². The summed E-state index contributed by atoms with van der Waals surface area (Å²) in [5, 5.41) is 6.95. The fourth-order valence-corrected chi connectivity index (χ4v) is 7.00. The summed E-state index contributed by atoms with van der Waals surface area (Å²) in [5.74, 6) is 1.72. The van der Waals surface area contributed by atoms with E-state index in [9.17, 15) is 0 Å². The number of benzene rings is 6. The number of fused-ring (bicyclic) bond motifs is 16. The van der Waals surface area contributed by atoms with Crippen LogP contribution in [-0.4, -0.2) is 23.2 Å². The number of rotatable bonds is 0. The van der Waals surface area contributed by atoms with Crippen LogP contribution < -0.4 is 0 Å². The molecule has 0 bridgehead atoms. The first-order valence-electron chi connectivity index (χ1n) is 13.4. The first-order valence-corrected chi connectivity index (χ1v) is 13.4. The van der Waals surface area contributed by atoms with Crippen LogP contribution >= 0.6 is 0 Å². The summed E-state index contributed by atoms with van der Waals surface area (Å²) >= 11 is 0. The van der Waals surface area contributed by atoms with Gasteiger partial charge in [0, 0.05) is 11.5 Å². The van der Waals surface area contributed by atoms with Crippen molar-refractivity contribution in [3.8, 4) is 0 Å². The minimum Gasteiger partial charge on any atom is -0.456 e. The van der Waals surface area contributed by atoms with E-state index in [1.54, 1.807) is 0 Å². The highest BCUT2D eigenvalue weighted by Crippen LogP contribution is 2.42. The lowest BCUT2D eigenvalue weighted by Crippen LogP contribution is -1.88. The van der Waals surface area contributed by atoms with Crippen molar-refractivity contribution in [3.63, 3.8) is 0 Å². The molecule has 11 rings (SSSR count). The third kappa shape index (κ3) is 2.09. The van der Waals surface area contributed by atoms with E-state index in [-0.39, 0.29) is 0 Å². The number of imidazole rings is 4. The average molecular weight is 512 g/mol. The van der Waals surface area contributed by atoms with Crippen LogP contribution in [0.2, 0.25) is 0 Å². The highest BCUT2D eigenvalue weighted by atomic mass is 16.3. The minimum atomic E-state index is 0.858. The first-order chi connectivity index (χ1) is 19.8. The molecule has 0 aliphatic heterocycles. The van der Waals surface area contributed by atoms with E-state index in [0.29, 0.717) is 0 Å². The third-order valence-corrected chi connectivity index (χ3v) is 8.69. The Balaban J connectivity index is 1.48. The summed E-state index contributed by atoms with van der Waals surface area (Å²) in [6.07, 6.45) is 0. The van der Waals surface area contributed by atoms with Gasteiger partial charge in [-0.1, -0.05) is 66.7 Å². The van der Waals surface area contributed by atoms with Gasteiger partial charge in [-0.3, -0.25) is 8.80 Å². The number of para-hydroxylation sites is 1. The average Bonchev–Trinajstić information content (AvgIpc) is 3.76. The number of hydrogen-bond donors (Lipinski definition) is 0. The summed E-state index contributed by atoms with van der Waals surface area (Å²) in [6, 6.07) is 36.3. The van der Waals surface area contributed by atoms with Crippen molar-refractivity contribution < 1.29 is 4.42 Å². The molecule has 11 aromatic rings. The van der Waals surface area contributed by atoms with Crippen LogP contribution in [0.25, 0.3) is 93.7 Å². The summed E-state index contributed by atoms with van der Waals surface area (Å²) in [4.78, 5) is 10.5. The lowest BCUT2D eigenvalue weighted by atomic mass is 10.1. The highest BCUT2D eigenvalue weighted by molar-refractivity contribution is 6.23. The molecule has 0 saturated carbocycles. The van der Waals surface area contributed by atoms with E-state index in [1.165, 1.54) is 21.5 Å². The highest BCUT2D eigenvalue weighted by Gasteiger charge is 2.27. The van der Waals surface area contributed by atoms with E-state index in [1.807, 2.05) is 12.1 Å². The van der Waals surface area contributed by atoms with Gasteiger partial charge in [0.25, 0.3) is 0 Å². The molecule has 0 aliphatic carbocycles. The maximum Gasteiger partial charge on any atom is 0.223 e. The van der Waals surface area contributed by atoms with Crippen molar-refractivity contribution >= 4 is 93.7 Å². The lowest BCUT2D eigenvalue weighted by molar-refractivity contribution is 0.669. The summed E-state index contributed by atoms with van der Waals surface area (Å²) in [7, 11) is 0. The second-order valence-corrected chi connectivity index (χ2v) is 10.8. The third-order valence-electron chi connectivity index (χ3n) is 8.69. The Bertz CT molecular complexity index is 2880. The molecule has 184 valence electrons. The van der Waals surface area contributed by atoms with Crippen molar-refractivity contribution in [1.29, 1.82) is 0 Å². The van der Waals surface area contributed by atoms with Gasteiger partial charge in [0.15, 0.2) is 0 Å². The molecule has 6 nitrogen and oxygen atoms in total. The van der Waals surface area contributed by atoms with Crippen molar-refractivity contribution in [1.82, 2.24) is 23.2 Å². The maximum absolute atomic E-state index is 6.50. The molecule has 0 saturated heterocycles. The summed E-state index contributed by atoms with van der Waals surface area (Å²) in [5.41, 5.74) is 9.10. The SMILES string of the molecule is c1ccc2cc3c(cc2c1)nc1n3c2cc3oc4ccccc4c3c3c2n1c1nc2cc4ccccc4cc2n31. The van der Waals surface area contributed by atoms with Crippen molar-refractivity contribution in [2.24, 2.45) is 0 Å². The molecule has 0 atom stereocenters. The monoisotopic (exact) mass is 511 g/mol. The number of aromatic nitrogens is 5. The van der Waals surface area contributed by atoms with Gasteiger partial charge >= 0.3 is 0 Å². The molecule has 0 spiro atoms. The van der Waals surface area contributed by atoms with Crippen LogP contribution in [0, 0.1) is 0 Å².